The van der Waals surface area contributed by atoms with E-state index in [1.807, 2.05) is 13.8 Å². The Morgan fingerprint density at radius 3 is 1.40 bits per heavy atom. The molecule has 0 bridgehead atoms. The molecule has 0 aromatic rings. The van der Waals surface area contributed by atoms with Crippen molar-refractivity contribution in [3.63, 3.8) is 0 Å². The largest absolute Gasteiger partial charge is 0.466 e. The Balaban J connectivity index is 4.49. The summed E-state index contributed by atoms with van der Waals surface area (Å²) in [5.74, 6) is -0.200. The van der Waals surface area contributed by atoms with Crippen molar-refractivity contribution in [3.8, 4) is 0 Å². The Bertz CT molecular complexity index is 970. The van der Waals surface area contributed by atoms with Crippen molar-refractivity contribution >= 4 is 20.5 Å². The van der Waals surface area contributed by atoms with Gasteiger partial charge in [-0.3, -0.25) is 9.59 Å². The van der Waals surface area contributed by atoms with Gasteiger partial charge in [0.1, 0.15) is 0 Å². The molecule has 0 aromatic heterocycles. The average Bonchev–Trinajstić information content (AvgIpc) is 3.27. The zero-order chi connectivity index (χ0) is 45.2. The van der Waals surface area contributed by atoms with Gasteiger partial charge in [0.2, 0.25) is 0 Å². The van der Waals surface area contributed by atoms with E-state index < -0.39 is 8.60 Å². The number of hydrogen-bond acceptors (Lipinski definition) is 10. The molecule has 0 amide bonds. The summed E-state index contributed by atoms with van der Waals surface area (Å²) in [5.41, 5.74) is 0. The summed E-state index contributed by atoms with van der Waals surface area (Å²) in [4.78, 5) is 27.4. The van der Waals surface area contributed by atoms with Crippen LogP contribution in [0.25, 0.3) is 0 Å². The van der Waals surface area contributed by atoms with Crippen LogP contribution in [-0.2, 0) is 42.1 Å². The van der Waals surface area contributed by atoms with Gasteiger partial charge < -0.3 is 37.4 Å². The second-order valence-electron chi connectivity index (χ2n) is 16.4. The van der Waals surface area contributed by atoms with Gasteiger partial charge in [0.25, 0.3) is 0 Å². The van der Waals surface area contributed by atoms with Gasteiger partial charge in [-0.25, -0.2) is 0 Å². The van der Waals surface area contributed by atoms with Gasteiger partial charge in [0, 0.05) is 26.1 Å². The number of ether oxygens (including phenoxy) is 4. The van der Waals surface area contributed by atoms with Crippen LogP contribution in [0.4, 0.5) is 0 Å². The molecule has 0 rings (SSSR count). The van der Waals surface area contributed by atoms with Crippen molar-refractivity contribution in [2.24, 2.45) is 0 Å². The smallest absolute Gasteiger partial charge is 0.332 e. The van der Waals surface area contributed by atoms with Crippen LogP contribution >= 0.6 is 8.60 Å². The Morgan fingerprint density at radius 1 is 0.452 bits per heavy atom. The zero-order valence-corrected chi connectivity index (χ0v) is 41.9. The van der Waals surface area contributed by atoms with Crippen LogP contribution in [-0.4, -0.2) is 89.0 Å². The third-order valence-corrected chi connectivity index (χ3v) is 11.9. The quantitative estimate of drug-likeness (QED) is 0.0193. The highest BCUT2D eigenvalue weighted by atomic mass is 31.2. The van der Waals surface area contributed by atoms with Crippen LogP contribution in [0.3, 0.4) is 0 Å². The zero-order valence-electron chi connectivity index (χ0n) is 41.0. The molecule has 0 saturated heterocycles. The first-order valence-electron chi connectivity index (χ1n) is 25.8. The SMILES string of the molecule is CC/C=C\CCCCOC(CCC(=O)OCCCCCCN(CCCCCCCC(=O)OCCCCCCCCC)CCCCOP(OCC)OCC)OCCCC/C=C\CC. The number of carbonyl (C=O) groups excluding carboxylic acids is 2. The monoisotopic (exact) mass is 900 g/mol. The fourth-order valence-electron chi connectivity index (χ4n) is 6.91. The Labute approximate surface area is 383 Å². The Kier molecular flexibility index (Phi) is 49.5. The lowest BCUT2D eigenvalue weighted by Gasteiger charge is -2.22. The first-order valence-corrected chi connectivity index (χ1v) is 26.9. The number of hydrogen-bond donors (Lipinski definition) is 0. The molecule has 0 aliphatic rings. The molecule has 0 heterocycles. The molecular weight excluding hydrogens is 802 g/mol. The highest BCUT2D eigenvalue weighted by Crippen LogP contribution is 2.39. The molecule has 0 radical (unpaired) electrons. The van der Waals surface area contributed by atoms with Crippen LogP contribution in [0.1, 0.15) is 221 Å². The summed E-state index contributed by atoms with van der Waals surface area (Å²) >= 11 is 0. The highest BCUT2D eigenvalue weighted by Gasteiger charge is 2.14. The second-order valence-corrected chi connectivity index (χ2v) is 17.6. The van der Waals surface area contributed by atoms with Crippen LogP contribution in [0, 0.1) is 0 Å². The Hall–Kier alpha value is -1.39. The molecule has 11 heteroatoms. The highest BCUT2D eigenvalue weighted by molar-refractivity contribution is 7.41. The van der Waals surface area contributed by atoms with E-state index in [4.69, 9.17) is 32.5 Å². The molecule has 0 unspecified atom stereocenters. The Morgan fingerprint density at radius 2 is 0.887 bits per heavy atom. The van der Waals surface area contributed by atoms with E-state index in [2.05, 4.69) is 50.0 Å². The van der Waals surface area contributed by atoms with Crippen LogP contribution in [0.15, 0.2) is 24.3 Å². The van der Waals surface area contributed by atoms with Gasteiger partial charge in [0.15, 0.2) is 6.29 Å². The van der Waals surface area contributed by atoms with Gasteiger partial charge in [-0.15, -0.1) is 0 Å². The average molecular weight is 900 g/mol. The fourth-order valence-corrected chi connectivity index (χ4v) is 7.84. The summed E-state index contributed by atoms with van der Waals surface area (Å²) in [6, 6.07) is 0. The molecule has 0 N–H and O–H groups in total. The topological polar surface area (TPSA) is 102 Å². The van der Waals surface area contributed by atoms with E-state index in [1.54, 1.807) is 0 Å². The summed E-state index contributed by atoms with van der Waals surface area (Å²) in [7, 11) is -1.25. The van der Waals surface area contributed by atoms with Crippen molar-refractivity contribution in [2.75, 3.05) is 65.9 Å². The minimum atomic E-state index is -1.25. The number of nitrogens with zero attached hydrogens (tertiary/aromatic N) is 1. The third kappa shape index (κ3) is 45.2. The lowest BCUT2D eigenvalue weighted by atomic mass is 10.1. The fraction of sp³-hybridized carbons (Fsp3) is 0.882. The first kappa shape index (κ1) is 60.6. The number of esters is 2. The summed E-state index contributed by atoms with van der Waals surface area (Å²) in [5, 5.41) is 0. The molecular formula is C51H98NO9P. The van der Waals surface area contributed by atoms with Crippen molar-refractivity contribution in [1.29, 1.82) is 0 Å². The van der Waals surface area contributed by atoms with E-state index >= 15 is 0 Å². The van der Waals surface area contributed by atoms with Crippen LogP contribution in [0.5, 0.6) is 0 Å². The van der Waals surface area contributed by atoms with Crippen molar-refractivity contribution < 1.29 is 42.1 Å². The summed E-state index contributed by atoms with van der Waals surface area (Å²) in [6.45, 7) is 17.8. The lowest BCUT2D eigenvalue weighted by Crippen LogP contribution is -2.27. The van der Waals surface area contributed by atoms with E-state index in [-0.39, 0.29) is 18.2 Å². The van der Waals surface area contributed by atoms with E-state index in [9.17, 15) is 9.59 Å². The molecule has 0 atom stereocenters. The van der Waals surface area contributed by atoms with Gasteiger partial charge in [-0.1, -0.05) is 116 Å². The van der Waals surface area contributed by atoms with Crippen molar-refractivity contribution in [2.45, 2.75) is 227 Å². The number of allylic oxidation sites excluding steroid dienone is 4. The maximum absolute atomic E-state index is 12.6. The van der Waals surface area contributed by atoms with Gasteiger partial charge in [-0.2, -0.15) is 0 Å². The van der Waals surface area contributed by atoms with E-state index in [0.29, 0.717) is 65.5 Å². The first-order chi connectivity index (χ1) is 30.5. The molecule has 0 fully saturated rings. The van der Waals surface area contributed by atoms with E-state index in [1.165, 1.54) is 44.9 Å². The predicted octanol–water partition coefficient (Wildman–Crippen LogP) is 14.5. The second kappa shape index (κ2) is 50.6. The normalized spacial score (nSPS) is 12.0. The number of carbonyl (C=O) groups is 2. The van der Waals surface area contributed by atoms with Crippen LogP contribution in [0.2, 0.25) is 0 Å². The summed E-state index contributed by atoms with van der Waals surface area (Å²) < 4.78 is 40.3. The molecule has 0 saturated carbocycles. The molecule has 0 spiro atoms. The maximum Gasteiger partial charge on any atom is 0.332 e. The summed E-state index contributed by atoms with van der Waals surface area (Å²) in [6.07, 6.45) is 38.7. The van der Waals surface area contributed by atoms with Gasteiger partial charge >= 0.3 is 20.5 Å². The molecule has 0 aliphatic carbocycles. The maximum atomic E-state index is 12.6. The predicted molar refractivity (Wildman–Crippen MR) is 259 cm³/mol. The molecule has 366 valence electrons. The van der Waals surface area contributed by atoms with Gasteiger partial charge in [0.05, 0.1) is 39.5 Å². The molecule has 0 aliphatic heterocycles. The number of unbranched alkanes of at least 4 members (excludes halogenated alkanes) is 18. The van der Waals surface area contributed by atoms with Crippen molar-refractivity contribution in [3.05, 3.63) is 24.3 Å². The molecule has 0 aromatic carbocycles. The van der Waals surface area contributed by atoms with E-state index in [0.717, 1.165) is 142 Å². The van der Waals surface area contributed by atoms with Gasteiger partial charge in [-0.05, 0) is 130 Å². The minimum absolute atomic E-state index is 0.0340. The van der Waals surface area contributed by atoms with Crippen molar-refractivity contribution in [1.82, 2.24) is 4.90 Å². The standard InChI is InChI=1S/C51H98NO9P/c1-6-11-14-17-20-27-33-44-55-49(53)38-29-22-21-23-30-41-52(43-32-37-48-61-62(59-9-4)60-10-5)42-31-24-28-34-45-56-50(54)39-40-51(57-46-35-25-18-15-12-7-2)58-47-36-26-19-16-13-8-3/h12-13,15-16,51H,6-11,14,17-48H2,1-5H3/b15-12-,16-13-. The molecule has 10 nitrogen and oxygen atoms in total. The number of rotatable bonds is 50. The minimum Gasteiger partial charge on any atom is -0.466 e. The molecule has 62 heavy (non-hydrogen) atoms. The third-order valence-electron chi connectivity index (χ3n) is 10.6. The lowest BCUT2D eigenvalue weighted by molar-refractivity contribution is -0.159. The van der Waals surface area contributed by atoms with Crippen LogP contribution < -0.4 is 0 Å².